The van der Waals surface area contributed by atoms with Gasteiger partial charge < -0.3 is 70.3 Å². The normalized spacial score (nSPS) is 47.6. The van der Waals surface area contributed by atoms with Crippen molar-refractivity contribution in [1.29, 1.82) is 0 Å². The van der Waals surface area contributed by atoms with Gasteiger partial charge in [0.15, 0.2) is 51.7 Å². The maximum Gasteiger partial charge on any atom is 1.00 e. The number of halogens is 3. The maximum atomic E-state index is 16.9. The summed E-state index contributed by atoms with van der Waals surface area (Å²) in [4.78, 5) is 98.8. The number of hydrogen-bond acceptors (Lipinski definition) is 20. The van der Waals surface area contributed by atoms with Crippen LogP contribution in [0.25, 0.3) is 0 Å². The first-order valence-electron chi connectivity index (χ1n) is 31.6. The Morgan fingerprint density at radius 3 is 0.862 bits per heavy atom. The van der Waals surface area contributed by atoms with Crippen LogP contribution >= 0.6 is 7.82 Å². The second kappa shape index (κ2) is 28.3. The van der Waals surface area contributed by atoms with Gasteiger partial charge in [-0.25, -0.2) is 13.2 Å². The average Bonchev–Trinajstić information content (AvgIpc) is 1.29. The van der Waals surface area contributed by atoms with Crippen molar-refractivity contribution in [1.82, 2.24) is 0 Å². The zero-order valence-corrected chi connectivity index (χ0v) is 63.3. The second-order valence-electron chi connectivity index (χ2n) is 29.7. The molecule has 0 aromatic carbocycles. The van der Waals surface area contributed by atoms with Gasteiger partial charge >= 0.3 is 88.7 Å². The number of ketones is 6. The molecule has 12 rings (SSSR count). The van der Waals surface area contributed by atoms with E-state index in [1.807, 2.05) is 0 Å². The van der Waals surface area contributed by atoms with E-state index in [1.54, 1.807) is 80.5 Å². The molecule has 0 bridgehead atoms. The molecule has 24 atom stereocenters. The SMILES string of the molecule is CO.C[C@@H]1CC2C3CCC4=CC(=O)C=C[C@]4(C)[C@@]3(F)[C@@H](O)C[C@]2(C)[C@@]1(O)C(=O)CO.C[C@@H]1CC2C3CCC4=CC(=O)C=C[C@]4(C)[C@@]3(F)[C@@H](O)C[C@]2(C)[C@@]1(O)C(=O)CO.C[C@@H]1CC2[C@H]3CCC4=CC(=O)C=C[C@]4(C)[C@@]3(F)[C@@H](O)C[C@]2(C)[C@@]1(O)C(=O)CO.O=P([O-])([O-])[O-].[Na+].[Na+].[Na+]. The third-order valence-corrected chi connectivity index (χ3v) is 26.4. The van der Waals surface area contributed by atoms with Crippen molar-refractivity contribution in [3.8, 4) is 0 Å². The summed E-state index contributed by atoms with van der Waals surface area (Å²) >= 11 is 0. The van der Waals surface area contributed by atoms with E-state index in [0.29, 0.717) is 74.5 Å². The standard InChI is InChI=1S/3C22H29FO5.CH4O.3Na.H3O4P/c3*1-12-8-16-15-5-4-13-9-14(25)6-7-19(13,2)21(15,23)17(26)10-20(16,3)22(12,28)18(27)11-24;1-2;;;;1-5(2,3)4/h3*6-7,9,12,15-17,24,26,28H,4-5,8,10-11H2,1-3H3;2H,1H3;;;;(H3,1,2,3,4)/q;;;;3*+1;/p-3/t2*12-,15?,16?,17+,19+,20+,21+,22+;12-,15-,16?,17+,19+,20+,21+,22+;;;;;/m111...../s1. The minimum atomic E-state index is -5.39. The van der Waals surface area contributed by atoms with Gasteiger partial charge in [0.2, 0.25) is 0 Å². The number of rotatable bonds is 6. The van der Waals surface area contributed by atoms with E-state index in [4.69, 9.17) is 24.4 Å². The number of fused-ring (bicyclic) bond motifs is 15. The average molecular weight is 1370 g/mol. The molecule has 94 heavy (non-hydrogen) atoms. The van der Waals surface area contributed by atoms with Crippen LogP contribution in [-0.2, 0) is 33.3 Å². The molecule has 0 saturated heterocycles. The summed E-state index contributed by atoms with van der Waals surface area (Å²) in [6, 6.07) is 0. The van der Waals surface area contributed by atoms with Gasteiger partial charge in [0.1, 0.15) is 36.6 Å². The summed E-state index contributed by atoms with van der Waals surface area (Å²) in [5.41, 5.74) is -15.5. The molecule has 0 aromatic heterocycles. The molecule has 0 radical (unpaired) electrons. The first-order valence-corrected chi connectivity index (χ1v) is 33.1. The third-order valence-electron chi connectivity index (χ3n) is 26.4. The van der Waals surface area contributed by atoms with Crippen LogP contribution in [0.4, 0.5) is 13.2 Å². The van der Waals surface area contributed by atoms with Crippen molar-refractivity contribution in [3.63, 3.8) is 0 Å². The Bertz CT molecular complexity index is 2930. The topological polar surface area (TPSA) is 391 Å². The fourth-order valence-electron chi connectivity index (χ4n) is 21.8. The van der Waals surface area contributed by atoms with Crippen molar-refractivity contribution in [3.05, 3.63) is 71.4 Å². The fourth-order valence-corrected chi connectivity index (χ4v) is 21.8. The molecule has 0 aromatic rings. The minimum Gasteiger partial charge on any atom is -0.822 e. The summed E-state index contributed by atoms with van der Waals surface area (Å²) in [5.74, 6) is -6.36. The van der Waals surface area contributed by atoms with E-state index in [1.165, 1.54) is 36.5 Å². The van der Waals surface area contributed by atoms with Crippen molar-refractivity contribution in [2.75, 3.05) is 26.9 Å². The quantitative estimate of drug-likeness (QED) is 0.0873. The Morgan fingerprint density at radius 1 is 0.468 bits per heavy atom. The van der Waals surface area contributed by atoms with Gasteiger partial charge in [-0.3, -0.25) is 28.8 Å². The summed E-state index contributed by atoms with van der Waals surface area (Å²) in [6.07, 6.45) is 13.3. The Morgan fingerprint density at radius 2 is 0.670 bits per heavy atom. The van der Waals surface area contributed by atoms with E-state index < -0.39 is 165 Å². The molecule has 0 spiro atoms. The van der Waals surface area contributed by atoms with Crippen LogP contribution in [0.15, 0.2) is 71.4 Å². The number of allylic oxidation sites excluding steroid dienone is 12. The number of aliphatic hydroxyl groups is 10. The number of aliphatic hydroxyl groups excluding tert-OH is 7. The summed E-state index contributed by atoms with van der Waals surface area (Å²) < 4.78 is 59.1. The fraction of sp³-hybridized carbons (Fsp3) is 0.731. The molecular formula is C67H91F3Na3O20P. The van der Waals surface area contributed by atoms with Crippen LogP contribution in [-0.4, -0.2) is 165 Å². The Balaban J connectivity index is 0.000000239. The van der Waals surface area contributed by atoms with Crippen molar-refractivity contribution >= 4 is 42.5 Å². The number of hydrogen-bond donors (Lipinski definition) is 10. The zero-order chi connectivity index (χ0) is 68.6. The van der Waals surface area contributed by atoms with Gasteiger partial charge in [-0.2, -0.15) is 7.82 Å². The molecule has 0 amide bonds. The zero-order valence-electron chi connectivity index (χ0n) is 56.4. The van der Waals surface area contributed by atoms with Crippen molar-refractivity contribution in [2.24, 2.45) is 85.8 Å². The smallest absolute Gasteiger partial charge is 0.822 e. The summed E-state index contributed by atoms with van der Waals surface area (Å²) in [6.45, 7) is 13.4. The van der Waals surface area contributed by atoms with Crippen LogP contribution in [0.3, 0.4) is 0 Å². The first kappa shape index (κ1) is 83.6. The van der Waals surface area contributed by atoms with Crippen LogP contribution in [0.1, 0.15) is 139 Å². The molecule has 5 unspecified atom stereocenters. The molecule has 0 aliphatic heterocycles. The molecule has 12 aliphatic carbocycles. The minimum absolute atomic E-state index is 0. The number of Topliss-reactive ketones (excluding diaryl/α,β-unsaturated/α-hetero) is 3. The molecular weight excluding hydrogens is 1280 g/mol. The van der Waals surface area contributed by atoms with Gasteiger partial charge in [0, 0.05) is 57.4 Å². The van der Waals surface area contributed by atoms with E-state index >= 15 is 13.2 Å². The molecule has 9 fully saturated rings. The van der Waals surface area contributed by atoms with Gasteiger partial charge in [-0.1, -0.05) is 76.5 Å². The predicted molar refractivity (Wildman–Crippen MR) is 316 cm³/mol. The second-order valence-corrected chi connectivity index (χ2v) is 30.6. The monoisotopic (exact) mass is 1370 g/mol. The van der Waals surface area contributed by atoms with Crippen molar-refractivity contribution < 1.29 is 201 Å². The van der Waals surface area contributed by atoms with Crippen LogP contribution < -0.4 is 103 Å². The number of carbonyl (C=O) groups excluding carboxylic acids is 6. The van der Waals surface area contributed by atoms with Gasteiger partial charge in [-0.15, -0.1) is 0 Å². The van der Waals surface area contributed by atoms with E-state index in [0.717, 1.165) is 7.11 Å². The van der Waals surface area contributed by atoms with Crippen LogP contribution in [0.2, 0.25) is 0 Å². The number of carbonyl (C=O) groups is 6. The molecule has 20 nitrogen and oxygen atoms in total. The predicted octanol–water partition coefficient (Wildman–Crippen LogP) is -6.52. The van der Waals surface area contributed by atoms with Gasteiger partial charge in [-0.05, 0) is 170 Å². The Kier molecular flexibility index (Phi) is 25.2. The van der Waals surface area contributed by atoms with E-state index in [-0.39, 0.29) is 143 Å². The third kappa shape index (κ3) is 11.7. The molecule has 508 valence electrons. The molecule has 10 N–H and O–H groups in total. The maximum absolute atomic E-state index is 16.9. The molecule has 27 heteroatoms. The van der Waals surface area contributed by atoms with E-state index in [9.17, 15) is 74.7 Å². The number of alkyl halides is 3. The van der Waals surface area contributed by atoms with E-state index in [2.05, 4.69) is 0 Å². The van der Waals surface area contributed by atoms with Crippen LogP contribution in [0.5, 0.6) is 0 Å². The Hall–Kier alpha value is -1.04. The first-order chi connectivity index (χ1) is 41.9. The van der Waals surface area contributed by atoms with Gasteiger partial charge in [0.25, 0.3) is 0 Å². The summed E-state index contributed by atoms with van der Waals surface area (Å²) in [5, 5.41) is 103. The molecule has 0 heterocycles. The Labute approximate surface area is 613 Å². The number of phosphoric acid groups is 1. The van der Waals surface area contributed by atoms with Crippen molar-refractivity contribution in [2.45, 2.75) is 191 Å². The van der Waals surface area contributed by atoms with Gasteiger partial charge in [0.05, 0.1) is 18.3 Å². The largest absolute Gasteiger partial charge is 1.00 e. The summed E-state index contributed by atoms with van der Waals surface area (Å²) in [7, 11) is -4.39. The van der Waals surface area contributed by atoms with Crippen LogP contribution in [0, 0.1) is 85.8 Å². The molecule has 9 saturated carbocycles. The molecule has 12 aliphatic rings.